The summed E-state index contributed by atoms with van der Waals surface area (Å²) in [7, 11) is 1.63. The van der Waals surface area contributed by atoms with E-state index in [4.69, 9.17) is 4.74 Å². The van der Waals surface area contributed by atoms with Gasteiger partial charge in [0.2, 0.25) is 5.91 Å². The van der Waals surface area contributed by atoms with Crippen LogP contribution in [0, 0.1) is 0 Å². The number of aromatic nitrogens is 3. The van der Waals surface area contributed by atoms with Gasteiger partial charge in [-0.3, -0.25) is 9.36 Å². The van der Waals surface area contributed by atoms with E-state index in [-0.39, 0.29) is 11.7 Å². The lowest BCUT2D eigenvalue weighted by molar-refractivity contribution is -0.113. The minimum atomic E-state index is -0.0896. The molecule has 1 N–H and O–H groups in total. The Kier molecular flexibility index (Phi) is 7.89. The molecular formula is C24H28N4O2S. The fourth-order valence-electron chi connectivity index (χ4n) is 3.18. The highest BCUT2D eigenvalue weighted by atomic mass is 32.2. The summed E-state index contributed by atoms with van der Waals surface area (Å²) in [6.07, 6.45) is 2.87. The number of nitrogens with zero attached hydrogens (tertiary/aromatic N) is 3. The van der Waals surface area contributed by atoms with Crippen molar-refractivity contribution in [2.45, 2.75) is 37.9 Å². The van der Waals surface area contributed by atoms with Gasteiger partial charge in [-0.1, -0.05) is 56.0 Å². The minimum absolute atomic E-state index is 0.0896. The third kappa shape index (κ3) is 5.55. The van der Waals surface area contributed by atoms with Gasteiger partial charge in [-0.25, -0.2) is 0 Å². The number of allylic oxidation sites excluding steroid dienone is 1. The maximum Gasteiger partial charge on any atom is 0.234 e. The fraction of sp³-hybridized carbons (Fsp3) is 0.292. The lowest BCUT2D eigenvalue weighted by Crippen LogP contribution is -2.14. The molecule has 1 aromatic heterocycles. The van der Waals surface area contributed by atoms with E-state index in [0.717, 1.165) is 23.4 Å². The van der Waals surface area contributed by atoms with Gasteiger partial charge in [-0.15, -0.1) is 16.8 Å². The Morgan fingerprint density at radius 1 is 1.23 bits per heavy atom. The van der Waals surface area contributed by atoms with Crippen LogP contribution in [0.5, 0.6) is 5.75 Å². The van der Waals surface area contributed by atoms with Crippen molar-refractivity contribution in [3.05, 3.63) is 66.7 Å². The molecule has 0 radical (unpaired) electrons. The minimum Gasteiger partial charge on any atom is -0.496 e. The lowest BCUT2D eigenvalue weighted by Gasteiger charge is -2.11. The van der Waals surface area contributed by atoms with Crippen LogP contribution in [0.15, 0.2) is 66.3 Å². The van der Waals surface area contributed by atoms with Crippen molar-refractivity contribution in [3.63, 3.8) is 0 Å². The highest BCUT2D eigenvalue weighted by Gasteiger charge is 2.17. The Morgan fingerprint density at radius 3 is 2.65 bits per heavy atom. The standard InChI is InChI=1S/C24H28N4O2S/c1-5-15-28-23(20-9-7-8-10-21(20)30-4)26-27-24(28)31-16-22(29)25-19-13-11-18(12-14-19)17(3)6-2/h5,7-14,17H,1,6,15-16H2,2-4H3,(H,25,29). The molecule has 6 nitrogen and oxygen atoms in total. The van der Waals surface area contributed by atoms with Crippen molar-refractivity contribution < 1.29 is 9.53 Å². The summed E-state index contributed by atoms with van der Waals surface area (Å²) in [6.45, 7) is 8.73. The molecule has 3 rings (SSSR count). The number of nitrogens with one attached hydrogen (secondary N) is 1. The third-order valence-corrected chi connectivity index (χ3v) is 6.05. The predicted octanol–water partition coefficient (Wildman–Crippen LogP) is 5.38. The molecule has 0 saturated carbocycles. The molecule has 0 aliphatic carbocycles. The van der Waals surface area contributed by atoms with E-state index >= 15 is 0 Å². The molecule has 0 spiro atoms. The van der Waals surface area contributed by atoms with Gasteiger partial charge in [0.05, 0.1) is 18.4 Å². The summed E-state index contributed by atoms with van der Waals surface area (Å²) in [5.74, 6) is 2.05. The van der Waals surface area contributed by atoms with Crippen LogP contribution in [0.4, 0.5) is 5.69 Å². The zero-order chi connectivity index (χ0) is 22.2. The Bertz CT molecular complexity index is 1030. The van der Waals surface area contributed by atoms with Crippen molar-refractivity contribution >= 4 is 23.4 Å². The normalized spacial score (nSPS) is 11.7. The fourth-order valence-corrected chi connectivity index (χ4v) is 3.92. The average molecular weight is 437 g/mol. The number of ether oxygens (including phenoxy) is 1. The van der Waals surface area contributed by atoms with Crippen molar-refractivity contribution in [2.24, 2.45) is 0 Å². The van der Waals surface area contributed by atoms with Gasteiger partial charge < -0.3 is 10.1 Å². The summed E-state index contributed by atoms with van der Waals surface area (Å²) in [6, 6.07) is 15.7. The van der Waals surface area contributed by atoms with E-state index in [1.807, 2.05) is 41.0 Å². The topological polar surface area (TPSA) is 69.0 Å². The van der Waals surface area contributed by atoms with Crippen LogP contribution in [0.25, 0.3) is 11.4 Å². The van der Waals surface area contributed by atoms with E-state index < -0.39 is 0 Å². The van der Waals surface area contributed by atoms with Crippen LogP contribution >= 0.6 is 11.8 Å². The summed E-state index contributed by atoms with van der Waals surface area (Å²) < 4.78 is 7.39. The molecule has 0 bridgehead atoms. The molecule has 0 aliphatic heterocycles. The van der Waals surface area contributed by atoms with Gasteiger partial charge >= 0.3 is 0 Å². The maximum atomic E-state index is 12.5. The average Bonchev–Trinajstić information content (AvgIpc) is 3.20. The first-order valence-electron chi connectivity index (χ1n) is 10.3. The quantitative estimate of drug-likeness (QED) is 0.341. The largest absolute Gasteiger partial charge is 0.496 e. The number of benzene rings is 2. The number of carbonyl (C=O) groups excluding carboxylic acids is 1. The number of amides is 1. The number of carbonyl (C=O) groups is 1. The molecule has 2 aromatic carbocycles. The van der Waals surface area contributed by atoms with E-state index in [1.54, 1.807) is 13.2 Å². The SMILES string of the molecule is C=CCn1c(SCC(=O)Nc2ccc(C(C)CC)cc2)nnc1-c1ccccc1OC. The molecule has 0 saturated heterocycles. The first kappa shape index (κ1) is 22.6. The number of rotatable bonds is 10. The van der Waals surface area contributed by atoms with Gasteiger partial charge in [0, 0.05) is 12.2 Å². The summed E-state index contributed by atoms with van der Waals surface area (Å²) >= 11 is 1.34. The first-order valence-corrected chi connectivity index (χ1v) is 11.3. The van der Waals surface area contributed by atoms with E-state index in [1.165, 1.54) is 17.3 Å². The molecule has 1 heterocycles. The molecule has 3 aromatic rings. The molecular weight excluding hydrogens is 408 g/mol. The second-order valence-corrected chi connectivity index (χ2v) is 8.12. The van der Waals surface area contributed by atoms with Crippen LogP contribution in [-0.4, -0.2) is 33.5 Å². The molecule has 1 unspecified atom stereocenters. The summed E-state index contributed by atoms with van der Waals surface area (Å²) in [5.41, 5.74) is 2.91. The van der Waals surface area contributed by atoms with Gasteiger partial charge in [-0.05, 0) is 42.2 Å². The molecule has 7 heteroatoms. The zero-order valence-electron chi connectivity index (χ0n) is 18.2. The molecule has 31 heavy (non-hydrogen) atoms. The number of methoxy groups -OCH3 is 1. The first-order chi connectivity index (χ1) is 15.1. The molecule has 1 amide bonds. The van der Waals surface area contributed by atoms with Crippen molar-refractivity contribution in [2.75, 3.05) is 18.2 Å². The highest BCUT2D eigenvalue weighted by molar-refractivity contribution is 7.99. The van der Waals surface area contributed by atoms with Gasteiger partial charge in [-0.2, -0.15) is 0 Å². The third-order valence-electron chi connectivity index (χ3n) is 5.08. The van der Waals surface area contributed by atoms with Crippen LogP contribution in [0.3, 0.4) is 0 Å². The summed E-state index contributed by atoms with van der Waals surface area (Å²) in [4.78, 5) is 12.5. The maximum absolute atomic E-state index is 12.5. The van der Waals surface area contributed by atoms with Crippen LogP contribution < -0.4 is 10.1 Å². The molecule has 0 aliphatic rings. The molecule has 0 fully saturated rings. The molecule has 162 valence electrons. The number of anilines is 1. The van der Waals surface area contributed by atoms with Crippen molar-refractivity contribution in [1.29, 1.82) is 0 Å². The smallest absolute Gasteiger partial charge is 0.234 e. The highest BCUT2D eigenvalue weighted by Crippen LogP contribution is 2.31. The van der Waals surface area contributed by atoms with Crippen LogP contribution in [0.2, 0.25) is 0 Å². The number of hydrogen-bond donors (Lipinski definition) is 1. The molecule has 1 atom stereocenters. The van der Waals surface area contributed by atoms with Gasteiger partial charge in [0.15, 0.2) is 11.0 Å². The van der Waals surface area contributed by atoms with Crippen LogP contribution in [0.1, 0.15) is 31.7 Å². The van der Waals surface area contributed by atoms with E-state index in [9.17, 15) is 4.79 Å². The van der Waals surface area contributed by atoms with Crippen molar-refractivity contribution in [1.82, 2.24) is 14.8 Å². The van der Waals surface area contributed by atoms with Gasteiger partial charge in [0.25, 0.3) is 0 Å². The second kappa shape index (κ2) is 10.8. The Labute approximate surface area is 187 Å². The number of hydrogen-bond acceptors (Lipinski definition) is 5. The van der Waals surface area contributed by atoms with Crippen molar-refractivity contribution in [3.8, 4) is 17.1 Å². The predicted molar refractivity (Wildman–Crippen MR) is 127 cm³/mol. The number of para-hydroxylation sites is 1. The number of thioether (sulfide) groups is 1. The van der Waals surface area contributed by atoms with E-state index in [0.29, 0.717) is 23.4 Å². The lowest BCUT2D eigenvalue weighted by atomic mass is 9.99. The Morgan fingerprint density at radius 2 is 1.97 bits per heavy atom. The summed E-state index contributed by atoms with van der Waals surface area (Å²) in [5, 5.41) is 12.2. The van der Waals surface area contributed by atoms with Crippen LogP contribution in [-0.2, 0) is 11.3 Å². The zero-order valence-corrected chi connectivity index (χ0v) is 19.0. The Balaban J connectivity index is 1.69. The second-order valence-electron chi connectivity index (χ2n) is 7.17. The monoisotopic (exact) mass is 436 g/mol. The van der Waals surface area contributed by atoms with Gasteiger partial charge in [0.1, 0.15) is 5.75 Å². The van der Waals surface area contributed by atoms with E-state index in [2.05, 4.69) is 48.1 Å². The Hall–Kier alpha value is -3.06.